The molecule has 13 heteroatoms. The van der Waals surface area contributed by atoms with Gasteiger partial charge in [0.05, 0.1) is 7.11 Å². The van der Waals surface area contributed by atoms with Gasteiger partial charge in [0.25, 0.3) is 5.91 Å². The summed E-state index contributed by atoms with van der Waals surface area (Å²) in [5, 5.41) is 0. The van der Waals surface area contributed by atoms with Crippen molar-refractivity contribution in [1.82, 2.24) is 4.98 Å². The summed E-state index contributed by atoms with van der Waals surface area (Å²) in [5.74, 6) is -4.35. The Hall–Kier alpha value is -4.36. The maximum absolute atomic E-state index is 13.3. The molecule has 1 aromatic carbocycles. The molecule has 1 unspecified atom stereocenters. The van der Waals surface area contributed by atoms with E-state index in [9.17, 15) is 19.2 Å². The molecule has 226 valence electrons. The number of hydrogen-bond acceptors (Lipinski definition) is 12. The molecule has 1 fully saturated rings. The fraction of sp³-hybridized carbons (Fsp3) is 0.448. The topological polar surface area (TPSA) is 158 Å². The molecule has 2 aromatic rings. The molecule has 42 heavy (non-hydrogen) atoms. The van der Waals surface area contributed by atoms with E-state index >= 15 is 0 Å². The smallest absolute Gasteiger partial charge is 0.356 e. The number of rotatable bonds is 12. The number of nitrogens with zero attached hydrogens (tertiary/aromatic N) is 2. The zero-order valence-electron chi connectivity index (χ0n) is 23.9. The number of esters is 3. The van der Waals surface area contributed by atoms with Gasteiger partial charge < -0.3 is 33.2 Å². The van der Waals surface area contributed by atoms with Crippen LogP contribution in [0.2, 0.25) is 0 Å². The lowest BCUT2D eigenvalue weighted by molar-refractivity contribution is -0.156. The summed E-state index contributed by atoms with van der Waals surface area (Å²) in [6.45, 7) is 4.35. The van der Waals surface area contributed by atoms with E-state index in [1.165, 1.54) is 19.4 Å². The van der Waals surface area contributed by atoms with Crippen molar-refractivity contribution in [2.45, 2.75) is 45.3 Å². The fourth-order valence-electron chi connectivity index (χ4n) is 3.99. The van der Waals surface area contributed by atoms with Gasteiger partial charge in [-0.25, -0.2) is 19.6 Å². The summed E-state index contributed by atoms with van der Waals surface area (Å²) in [7, 11) is 1.33. The Kier molecular flexibility index (Phi) is 12.4. The summed E-state index contributed by atoms with van der Waals surface area (Å²) in [6.07, 6.45) is 0.174. The number of aromatic nitrogens is 1. The second-order valence-corrected chi connectivity index (χ2v) is 8.91. The third-order valence-electron chi connectivity index (χ3n) is 5.97. The lowest BCUT2D eigenvalue weighted by Gasteiger charge is -2.29. The standard InChI is InChI=1S/C29H34N2O11/c1-5-14-38-25-18(3)42-28(34)20(15-39-29(35)23(25)19-10-8-7-9-11-19)31-27(33)24-26(21(36-4)12-13-30-24)41-17-40-22(32)16-37-6-2/h7-13,18,23,25H,5-6,14-17H2,1-4H3/b31-20-/t18-,23+,25?/m0/s1. The molecule has 1 aromatic heterocycles. The molecule has 1 aliphatic rings. The highest BCUT2D eigenvalue weighted by Gasteiger charge is 2.40. The molecule has 2 heterocycles. The Bertz CT molecular complexity index is 1270. The van der Waals surface area contributed by atoms with E-state index in [1.54, 1.807) is 44.2 Å². The molecule has 0 radical (unpaired) electrons. The van der Waals surface area contributed by atoms with Crippen molar-refractivity contribution in [1.29, 1.82) is 0 Å². The predicted molar refractivity (Wildman–Crippen MR) is 146 cm³/mol. The van der Waals surface area contributed by atoms with Gasteiger partial charge in [-0.15, -0.1) is 0 Å². The van der Waals surface area contributed by atoms with E-state index in [-0.39, 0.29) is 23.8 Å². The van der Waals surface area contributed by atoms with E-state index in [0.717, 1.165) is 0 Å². The molecule has 0 aliphatic carbocycles. The van der Waals surface area contributed by atoms with E-state index in [4.69, 9.17) is 33.2 Å². The van der Waals surface area contributed by atoms with Crippen LogP contribution in [0.5, 0.6) is 11.5 Å². The third kappa shape index (κ3) is 8.57. The van der Waals surface area contributed by atoms with Crippen LogP contribution in [0.15, 0.2) is 47.6 Å². The van der Waals surface area contributed by atoms with Crippen molar-refractivity contribution in [3.63, 3.8) is 0 Å². The predicted octanol–water partition coefficient (Wildman–Crippen LogP) is 2.65. The van der Waals surface area contributed by atoms with E-state index in [1.807, 2.05) is 6.92 Å². The van der Waals surface area contributed by atoms with Gasteiger partial charge in [-0.2, -0.15) is 0 Å². The number of cyclic esters (lactones) is 2. The maximum atomic E-state index is 13.3. The monoisotopic (exact) mass is 586 g/mol. The summed E-state index contributed by atoms with van der Waals surface area (Å²) in [6, 6.07) is 10.3. The van der Waals surface area contributed by atoms with E-state index < -0.39 is 61.1 Å². The van der Waals surface area contributed by atoms with Crippen molar-refractivity contribution < 1.29 is 52.3 Å². The fourth-order valence-corrected chi connectivity index (χ4v) is 3.99. The van der Waals surface area contributed by atoms with Gasteiger partial charge in [-0.05, 0) is 25.8 Å². The van der Waals surface area contributed by atoms with Crippen LogP contribution in [0, 0.1) is 0 Å². The first-order chi connectivity index (χ1) is 20.3. The second-order valence-electron chi connectivity index (χ2n) is 8.91. The summed E-state index contributed by atoms with van der Waals surface area (Å²) >= 11 is 0. The highest BCUT2D eigenvalue weighted by molar-refractivity contribution is 6.39. The minimum atomic E-state index is -1.02. The molecule has 1 aliphatic heterocycles. The molecule has 3 rings (SSSR count). The lowest BCUT2D eigenvalue weighted by atomic mass is 9.90. The van der Waals surface area contributed by atoms with Crippen molar-refractivity contribution in [3.05, 3.63) is 53.9 Å². The molecule has 1 amide bonds. The van der Waals surface area contributed by atoms with Crippen LogP contribution in [-0.2, 0) is 38.1 Å². The van der Waals surface area contributed by atoms with Gasteiger partial charge in [0, 0.05) is 25.5 Å². The normalized spacial score (nSPS) is 20.0. The van der Waals surface area contributed by atoms with Crippen molar-refractivity contribution in [2.75, 3.05) is 40.3 Å². The average Bonchev–Trinajstić information content (AvgIpc) is 3.03. The van der Waals surface area contributed by atoms with Crippen LogP contribution in [0.1, 0.15) is 49.2 Å². The first-order valence-corrected chi connectivity index (χ1v) is 13.4. The van der Waals surface area contributed by atoms with Gasteiger partial charge in [-0.3, -0.25) is 9.59 Å². The Morgan fingerprint density at radius 2 is 1.88 bits per heavy atom. The van der Waals surface area contributed by atoms with Crippen LogP contribution in [0.25, 0.3) is 0 Å². The third-order valence-corrected chi connectivity index (χ3v) is 5.97. The Labute approximate surface area is 243 Å². The van der Waals surface area contributed by atoms with Gasteiger partial charge >= 0.3 is 17.9 Å². The minimum Gasteiger partial charge on any atom is -0.493 e. The zero-order valence-corrected chi connectivity index (χ0v) is 23.9. The molecular weight excluding hydrogens is 552 g/mol. The number of benzene rings is 1. The zero-order chi connectivity index (χ0) is 30.5. The molecule has 0 bridgehead atoms. The number of hydrogen-bond donors (Lipinski definition) is 0. The number of methoxy groups -OCH3 is 1. The minimum absolute atomic E-state index is 0.0908. The Balaban J connectivity index is 1.88. The lowest BCUT2D eigenvalue weighted by Crippen LogP contribution is -2.39. The molecule has 0 spiro atoms. The molecule has 1 saturated heterocycles. The summed E-state index contributed by atoms with van der Waals surface area (Å²) in [5.41, 5.74) is -0.199. The quantitative estimate of drug-likeness (QED) is 0.204. The van der Waals surface area contributed by atoms with Crippen LogP contribution < -0.4 is 9.47 Å². The highest BCUT2D eigenvalue weighted by atomic mass is 16.7. The van der Waals surface area contributed by atoms with Gasteiger partial charge in [0.15, 0.2) is 22.9 Å². The summed E-state index contributed by atoms with van der Waals surface area (Å²) in [4.78, 5) is 59.3. The maximum Gasteiger partial charge on any atom is 0.356 e. The number of carbonyl (C=O) groups excluding carboxylic acids is 4. The van der Waals surface area contributed by atoms with Gasteiger partial charge in [-0.1, -0.05) is 37.3 Å². The van der Waals surface area contributed by atoms with Crippen LogP contribution in [-0.4, -0.2) is 87.0 Å². The van der Waals surface area contributed by atoms with Gasteiger partial charge in [0.1, 0.15) is 31.3 Å². The number of aliphatic imine (C=N–C) groups is 1. The summed E-state index contributed by atoms with van der Waals surface area (Å²) < 4.78 is 37.6. The molecule has 13 nitrogen and oxygen atoms in total. The Morgan fingerprint density at radius 1 is 1.12 bits per heavy atom. The van der Waals surface area contributed by atoms with Crippen LogP contribution in [0.4, 0.5) is 0 Å². The first-order valence-electron chi connectivity index (χ1n) is 13.4. The van der Waals surface area contributed by atoms with Crippen molar-refractivity contribution >= 4 is 29.5 Å². The largest absolute Gasteiger partial charge is 0.493 e. The number of carbonyl (C=O) groups is 4. The highest BCUT2D eigenvalue weighted by Crippen LogP contribution is 2.31. The van der Waals surface area contributed by atoms with E-state index in [2.05, 4.69) is 9.98 Å². The molecular formula is C29H34N2O11. The van der Waals surface area contributed by atoms with Gasteiger partial charge in [0.2, 0.25) is 6.79 Å². The average molecular weight is 587 g/mol. The molecule has 3 atom stereocenters. The van der Waals surface area contributed by atoms with Crippen LogP contribution in [0.3, 0.4) is 0 Å². The Morgan fingerprint density at radius 3 is 2.57 bits per heavy atom. The molecule has 0 saturated carbocycles. The van der Waals surface area contributed by atoms with Crippen LogP contribution >= 0.6 is 0 Å². The number of amides is 1. The van der Waals surface area contributed by atoms with Crippen molar-refractivity contribution in [3.8, 4) is 11.5 Å². The van der Waals surface area contributed by atoms with E-state index in [0.29, 0.717) is 25.2 Å². The number of pyridine rings is 1. The number of ether oxygens (including phenoxy) is 7. The first kappa shape index (κ1) is 32.2. The molecule has 0 N–H and O–H groups in total. The SMILES string of the molecule is CCCOC1[C@H](C)OC(=O)/C(=N\C(=O)c2nccc(OC)c2OCOC(=O)COCC)COC(=O)[C@@H]1c1ccccc1. The second kappa shape index (κ2) is 16.2. The van der Waals surface area contributed by atoms with Crippen molar-refractivity contribution in [2.24, 2.45) is 4.99 Å².